The fourth-order valence-corrected chi connectivity index (χ4v) is 1.98. The van der Waals surface area contributed by atoms with Crippen LogP contribution in [0.5, 0.6) is 5.75 Å². The van der Waals surface area contributed by atoms with E-state index in [9.17, 15) is 0 Å². The maximum absolute atomic E-state index is 6.04. The quantitative estimate of drug-likeness (QED) is 0.761. The summed E-state index contributed by atoms with van der Waals surface area (Å²) in [4.78, 5) is 8.62. The lowest BCUT2D eigenvalue weighted by molar-refractivity contribution is 0.128. The van der Waals surface area contributed by atoms with Crippen LogP contribution in [-0.2, 0) is 11.3 Å². The molecule has 0 aliphatic carbocycles. The Morgan fingerprint density at radius 1 is 1.10 bits per heavy atom. The number of aromatic nitrogens is 2. The smallest absolute Gasteiger partial charge is 0.156 e. The van der Waals surface area contributed by atoms with Crippen LogP contribution in [0.15, 0.2) is 30.3 Å². The Labute approximate surface area is 123 Å². The van der Waals surface area contributed by atoms with E-state index >= 15 is 0 Å². The second kappa shape index (κ2) is 7.22. The SMILES string of the molecule is CCOCc1nc(Cl)cc(-c2cccc(OCC)c2)n1. The van der Waals surface area contributed by atoms with Gasteiger partial charge in [-0.15, -0.1) is 0 Å². The van der Waals surface area contributed by atoms with Crippen molar-refractivity contribution in [2.45, 2.75) is 20.5 Å². The average Bonchev–Trinajstić information content (AvgIpc) is 2.45. The van der Waals surface area contributed by atoms with Crippen LogP contribution >= 0.6 is 11.6 Å². The molecule has 0 aliphatic heterocycles. The Balaban J connectivity index is 2.31. The van der Waals surface area contributed by atoms with Gasteiger partial charge in [-0.05, 0) is 26.0 Å². The molecule has 20 heavy (non-hydrogen) atoms. The molecule has 5 heteroatoms. The zero-order valence-electron chi connectivity index (χ0n) is 11.6. The van der Waals surface area contributed by atoms with Crippen molar-refractivity contribution in [3.05, 3.63) is 41.3 Å². The van der Waals surface area contributed by atoms with E-state index in [1.54, 1.807) is 6.07 Å². The van der Waals surface area contributed by atoms with Crippen LogP contribution in [0.4, 0.5) is 0 Å². The van der Waals surface area contributed by atoms with Gasteiger partial charge in [0, 0.05) is 18.2 Å². The minimum Gasteiger partial charge on any atom is -0.494 e. The van der Waals surface area contributed by atoms with Crippen molar-refractivity contribution in [2.75, 3.05) is 13.2 Å². The van der Waals surface area contributed by atoms with Gasteiger partial charge in [-0.2, -0.15) is 0 Å². The van der Waals surface area contributed by atoms with Crippen molar-refractivity contribution < 1.29 is 9.47 Å². The first kappa shape index (κ1) is 14.8. The Hall–Kier alpha value is -1.65. The van der Waals surface area contributed by atoms with E-state index in [-0.39, 0.29) is 0 Å². The lowest BCUT2D eigenvalue weighted by atomic mass is 10.1. The summed E-state index contributed by atoms with van der Waals surface area (Å²) in [5.41, 5.74) is 1.71. The molecule has 0 amide bonds. The lowest BCUT2D eigenvalue weighted by Gasteiger charge is -2.08. The van der Waals surface area contributed by atoms with Crippen LogP contribution in [0.1, 0.15) is 19.7 Å². The summed E-state index contributed by atoms with van der Waals surface area (Å²) in [5, 5.41) is 0.409. The predicted molar refractivity (Wildman–Crippen MR) is 79.0 cm³/mol. The first-order chi connectivity index (χ1) is 9.72. The van der Waals surface area contributed by atoms with Gasteiger partial charge in [0.25, 0.3) is 0 Å². The van der Waals surface area contributed by atoms with Gasteiger partial charge in [0.05, 0.1) is 12.3 Å². The summed E-state index contributed by atoms with van der Waals surface area (Å²) in [6.45, 7) is 5.48. The first-order valence-electron chi connectivity index (χ1n) is 6.57. The van der Waals surface area contributed by atoms with Crippen LogP contribution in [-0.4, -0.2) is 23.2 Å². The highest BCUT2D eigenvalue weighted by Crippen LogP contribution is 2.24. The van der Waals surface area contributed by atoms with Crippen molar-refractivity contribution in [1.29, 1.82) is 0 Å². The van der Waals surface area contributed by atoms with Crippen LogP contribution < -0.4 is 4.74 Å². The molecule has 1 heterocycles. The summed E-state index contributed by atoms with van der Waals surface area (Å²) in [6, 6.07) is 9.48. The second-order valence-corrected chi connectivity index (χ2v) is 4.48. The zero-order chi connectivity index (χ0) is 14.4. The summed E-state index contributed by atoms with van der Waals surface area (Å²) >= 11 is 6.04. The molecule has 0 saturated carbocycles. The second-order valence-electron chi connectivity index (χ2n) is 4.09. The number of benzene rings is 1. The van der Waals surface area contributed by atoms with E-state index < -0.39 is 0 Å². The summed E-state index contributed by atoms with van der Waals surface area (Å²) in [5.74, 6) is 1.39. The molecule has 2 rings (SSSR count). The molecular formula is C15H17ClN2O2. The van der Waals surface area contributed by atoms with E-state index in [0.29, 0.717) is 30.8 Å². The molecule has 0 bridgehead atoms. The molecule has 0 N–H and O–H groups in total. The summed E-state index contributed by atoms with van der Waals surface area (Å²) in [7, 11) is 0. The molecule has 0 radical (unpaired) electrons. The molecule has 1 aromatic carbocycles. The number of hydrogen-bond acceptors (Lipinski definition) is 4. The van der Waals surface area contributed by atoms with Gasteiger partial charge in [-0.25, -0.2) is 9.97 Å². The van der Waals surface area contributed by atoms with E-state index in [2.05, 4.69) is 9.97 Å². The molecule has 0 aliphatic rings. The molecule has 106 valence electrons. The predicted octanol–water partition coefficient (Wildman–Crippen LogP) is 3.73. The third-order valence-corrected chi connectivity index (χ3v) is 2.81. The van der Waals surface area contributed by atoms with Crippen molar-refractivity contribution in [2.24, 2.45) is 0 Å². The molecule has 4 nitrogen and oxygen atoms in total. The molecule has 0 unspecified atom stereocenters. The highest BCUT2D eigenvalue weighted by Gasteiger charge is 2.07. The summed E-state index contributed by atoms with van der Waals surface area (Å²) in [6.07, 6.45) is 0. The largest absolute Gasteiger partial charge is 0.494 e. The minimum absolute atomic E-state index is 0.356. The maximum Gasteiger partial charge on any atom is 0.156 e. The number of hydrogen-bond donors (Lipinski definition) is 0. The summed E-state index contributed by atoms with van der Waals surface area (Å²) < 4.78 is 10.8. The fraction of sp³-hybridized carbons (Fsp3) is 0.333. The van der Waals surface area contributed by atoms with Gasteiger partial charge < -0.3 is 9.47 Å². The number of rotatable bonds is 6. The Morgan fingerprint density at radius 2 is 1.95 bits per heavy atom. The number of ether oxygens (including phenoxy) is 2. The van der Waals surface area contributed by atoms with Crippen LogP contribution in [0.3, 0.4) is 0 Å². The monoisotopic (exact) mass is 292 g/mol. The molecule has 0 spiro atoms. The molecule has 0 fully saturated rings. The van der Waals surface area contributed by atoms with Crippen LogP contribution in [0.2, 0.25) is 5.15 Å². The third-order valence-electron chi connectivity index (χ3n) is 2.62. The van der Waals surface area contributed by atoms with Gasteiger partial charge in [0.1, 0.15) is 17.5 Å². The Morgan fingerprint density at radius 3 is 2.70 bits per heavy atom. The van der Waals surface area contributed by atoms with E-state index in [1.165, 1.54) is 0 Å². The van der Waals surface area contributed by atoms with Gasteiger partial charge in [0.15, 0.2) is 5.82 Å². The average molecular weight is 293 g/mol. The topological polar surface area (TPSA) is 44.2 Å². The van der Waals surface area contributed by atoms with Crippen LogP contribution in [0, 0.1) is 0 Å². The highest BCUT2D eigenvalue weighted by atomic mass is 35.5. The normalized spacial score (nSPS) is 10.6. The lowest BCUT2D eigenvalue weighted by Crippen LogP contribution is -2.01. The Bertz CT molecular complexity index is 576. The zero-order valence-corrected chi connectivity index (χ0v) is 12.4. The van der Waals surface area contributed by atoms with Crippen LogP contribution in [0.25, 0.3) is 11.3 Å². The maximum atomic E-state index is 6.04. The highest BCUT2D eigenvalue weighted by molar-refractivity contribution is 6.29. The van der Waals surface area contributed by atoms with Gasteiger partial charge in [0.2, 0.25) is 0 Å². The van der Waals surface area contributed by atoms with Gasteiger partial charge in [-0.1, -0.05) is 23.7 Å². The van der Waals surface area contributed by atoms with Crippen molar-refractivity contribution in [1.82, 2.24) is 9.97 Å². The van der Waals surface area contributed by atoms with Crippen molar-refractivity contribution in [3.8, 4) is 17.0 Å². The molecule has 0 atom stereocenters. The Kier molecular flexibility index (Phi) is 5.32. The third kappa shape index (κ3) is 3.92. The van der Waals surface area contributed by atoms with E-state index in [1.807, 2.05) is 38.1 Å². The first-order valence-corrected chi connectivity index (χ1v) is 6.95. The standard InChI is InChI=1S/C15H17ClN2O2/c1-3-19-10-15-17-13(9-14(16)18-15)11-6-5-7-12(8-11)20-4-2/h5-9H,3-4,10H2,1-2H3. The molecular weight excluding hydrogens is 276 g/mol. The van der Waals surface area contributed by atoms with Gasteiger partial charge >= 0.3 is 0 Å². The molecule has 0 saturated heterocycles. The van der Waals surface area contributed by atoms with E-state index in [0.717, 1.165) is 17.0 Å². The molecule has 2 aromatic rings. The van der Waals surface area contributed by atoms with Gasteiger partial charge in [-0.3, -0.25) is 0 Å². The number of halogens is 1. The van der Waals surface area contributed by atoms with Crippen molar-refractivity contribution in [3.63, 3.8) is 0 Å². The van der Waals surface area contributed by atoms with Crippen molar-refractivity contribution >= 4 is 11.6 Å². The number of nitrogens with zero attached hydrogens (tertiary/aromatic N) is 2. The van der Waals surface area contributed by atoms with E-state index in [4.69, 9.17) is 21.1 Å². The minimum atomic E-state index is 0.356. The molecule has 1 aromatic heterocycles. The fourth-order valence-electron chi connectivity index (χ4n) is 1.78.